The summed E-state index contributed by atoms with van der Waals surface area (Å²) in [5.74, 6) is -0.784. The van der Waals surface area contributed by atoms with Crippen LogP contribution in [0.3, 0.4) is 0 Å². The maximum Gasteiger partial charge on any atom is 0.147 e. The number of benzene rings is 22. The first-order valence-corrected chi connectivity index (χ1v) is 46.8. The van der Waals surface area contributed by atoms with Gasteiger partial charge in [0.15, 0.2) is 0 Å². The van der Waals surface area contributed by atoms with Crippen molar-refractivity contribution in [3.05, 3.63) is 557 Å². The molecule has 0 aliphatic heterocycles. The molecule has 25 aromatic rings. The highest BCUT2D eigenvalue weighted by molar-refractivity contribution is 6.14. The molecule has 0 amide bonds. The average Bonchev–Trinajstić information content (AvgIpc) is 1.57. The first kappa shape index (κ1) is 84.9. The van der Waals surface area contributed by atoms with E-state index in [0.717, 1.165) is 107 Å². The highest BCUT2D eigenvalue weighted by Crippen LogP contribution is 2.46. The molecule has 6 nitrogen and oxygen atoms in total. The van der Waals surface area contributed by atoms with Crippen LogP contribution in [0.5, 0.6) is 0 Å². The SMILES string of the molecule is Fc1ccc(N(c2ccc(-c3ccccc3)cc2)c2ccc(-c3ccc4c(c3)c3ccc(-c5ccccc5)cc3n4-c3ccccc3)cc2)cc1.Fc1cccc(N(c2ccc(-c3ccc4c(c3)c3ccccc3n4-c3cccc4ccccc34)cc2)c2cccc(-c3ccccc3)c2)c1.Fc1ccccc1N(c1ccccc1)c1ccc(-c2ccc3c(c2)c2ccccc2n3-c2ccccc2)cc1. The Morgan fingerprint density at radius 1 is 0.151 bits per heavy atom. The van der Waals surface area contributed by atoms with Gasteiger partial charge in [-0.1, -0.05) is 328 Å². The van der Waals surface area contributed by atoms with Gasteiger partial charge in [-0.25, -0.2) is 13.2 Å². The van der Waals surface area contributed by atoms with Crippen LogP contribution in [0, 0.1) is 17.5 Å². The molecule has 0 spiro atoms. The maximum atomic E-state index is 14.9. The lowest BCUT2D eigenvalue weighted by atomic mass is 10.0. The summed E-state index contributed by atoms with van der Waals surface area (Å²) in [5.41, 5.74) is 32.2. The zero-order valence-electron chi connectivity index (χ0n) is 75.7. The molecular weight excluding hydrogens is 1700 g/mol. The van der Waals surface area contributed by atoms with Gasteiger partial charge in [-0.15, -0.1) is 0 Å². The summed E-state index contributed by atoms with van der Waals surface area (Å²) >= 11 is 0. The standard InChI is InChI=1S/C48H33FN2.C46H31FN2.C36H25FN2/c49-40-22-28-44(29-23-40)50(42-24-16-36(17-25-42)34-10-4-1-5-11-34)43-26-18-37(19-27-43)38-21-31-47-46(32-38)45-30-20-39(35-12-6-2-7-13-35)33-48(45)51(47)41-14-8-3-9-15-41;47-37-16-10-18-40(31-37)48(39-17-8-15-35(29-39)32-11-2-1-3-12-32)38-26-23-33(24-27-38)36-25-28-46-43(30-36)42-20-6-7-21-45(42)49(46)44-22-9-14-34-13-4-5-19-41(34)44;37-33-16-8-10-18-36(33)38(28-11-3-1-4-12-28)30-22-19-26(20-23-30)27-21-24-35-32(25-27)31-15-7-9-17-34(31)39(35)29-13-5-2-6-14-29/h1-33H;1-31H;1-25H. The largest absolute Gasteiger partial charge is 0.311 e. The molecule has 139 heavy (non-hydrogen) atoms. The Morgan fingerprint density at radius 2 is 0.453 bits per heavy atom. The van der Waals surface area contributed by atoms with Gasteiger partial charge in [-0.3, -0.25) is 0 Å². The molecule has 0 fully saturated rings. The molecule has 25 rings (SSSR count). The zero-order chi connectivity index (χ0) is 93.1. The lowest BCUT2D eigenvalue weighted by molar-refractivity contribution is 0.627. The number of halogens is 3. The minimum Gasteiger partial charge on any atom is -0.311 e. The number of fused-ring (bicyclic) bond motifs is 10. The fraction of sp³-hybridized carbons (Fsp3) is 0. The fourth-order valence-corrected chi connectivity index (χ4v) is 19.7. The minimum atomic E-state index is -0.269. The van der Waals surface area contributed by atoms with Crippen molar-refractivity contribution in [1.29, 1.82) is 0 Å². The van der Waals surface area contributed by atoms with Crippen molar-refractivity contribution in [2.24, 2.45) is 0 Å². The number of nitrogens with zero attached hydrogens (tertiary/aromatic N) is 6. The molecule has 0 N–H and O–H groups in total. The van der Waals surface area contributed by atoms with Crippen LogP contribution in [0.25, 0.3) is 160 Å². The number of hydrogen-bond donors (Lipinski definition) is 0. The monoisotopic (exact) mass is 1790 g/mol. The summed E-state index contributed by atoms with van der Waals surface area (Å²) in [7, 11) is 0. The first-order chi connectivity index (χ1) is 68.7. The molecule has 0 atom stereocenters. The third kappa shape index (κ3) is 16.8. The van der Waals surface area contributed by atoms with Crippen LogP contribution in [0.2, 0.25) is 0 Å². The summed E-state index contributed by atoms with van der Waals surface area (Å²) in [6.07, 6.45) is 0. The average molecular weight is 1790 g/mol. The second-order valence-electron chi connectivity index (χ2n) is 34.7. The van der Waals surface area contributed by atoms with Crippen LogP contribution < -0.4 is 14.7 Å². The highest BCUT2D eigenvalue weighted by atomic mass is 19.1. The van der Waals surface area contributed by atoms with Gasteiger partial charge in [-0.2, -0.15) is 0 Å². The van der Waals surface area contributed by atoms with Gasteiger partial charge in [-0.05, 0) is 284 Å². The number of hydrogen-bond acceptors (Lipinski definition) is 3. The number of rotatable bonds is 18. The van der Waals surface area contributed by atoms with Crippen molar-refractivity contribution in [2.45, 2.75) is 0 Å². The first-order valence-electron chi connectivity index (χ1n) is 46.8. The highest BCUT2D eigenvalue weighted by Gasteiger charge is 2.24. The second kappa shape index (κ2) is 37.6. The molecule has 0 aliphatic carbocycles. The Balaban J connectivity index is 0.000000118. The summed E-state index contributed by atoms with van der Waals surface area (Å²) in [4.78, 5) is 6.23. The van der Waals surface area contributed by atoms with E-state index in [-0.39, 0.29) is 17.5 Å². The lowest BCUT2D eigenvalue weighted by Gasteiger charge is -2.26. The van der Waals surface area contributed by atoms with Crippen LogP contribution in [0.4, 0.5) is 64.4 Å². The molecule has 3 heterocycles. The molecule has 0 unspecified atom stereocenters. The lowest BCUT2D eigenvalue weighted by Crippen LogP contribution is -2.11. The van der Waals surface area contributed by atoms with Gasteiger partial charge < -0.3 is 28.4 Å². The van der Waals surface area contributed by atoms with E-state index in [1.54, 1.807) is 18.2 Å². The second-order valence-corrected chi connectivity index (χ2v) is 34.7. The van der Waals surface area contributed by atoms with Gasteiger partial charge in [0.05, 0.1) is 44.5 Å². The molecule has 3 aromatic heterocycles. The van der Waals surface area contributed by atoms with Crippen LogP contribution in [0.1, 0.15) is 0 Å². The van der Waals surface area contributed by atoms with Crippen LogP contribution in [-0.4, -0.2) is 13.7 Å². The predicted octanol–water partition coefficient (Wildman–Crippen LogP) is 36.3. The van der Waals surface area contributed by atoms with Crippen molar-refractivity contribution in [1.82, 2.24) is 13.7 Å². The quantitative estimate of drug-likeness (QED) is 0.0856. The van der Waals surface area contributed by atoms with E-state index in [1.165, 1.54) is 123 Å². The van der Waals surface area contributed by atoms with Gasteiger partial charge in [0, 0.05) is 94.6 Å². The molecule has 660 valence electrons. The normalized spacial score (nSPS) is 11.3. The van der Waals surface area contributed by atoms with Crippen LogP contribution in [-0.2, 0) is 0 Å². The molecule has 22 aromatic carbocycles. The molecule has 0 bridgehead atoms. The van der Waals surface area contributed by atoms with E-state index in [9.17, 15) is 13.2 Å². The molecular formula is C130H89F3N6. The summed E-state index contributed by atoms with van der Waals surface area (Å²) in [6.45, 7) is 0. The Hall–Kier alpha value is -18.3. The van der Waals surface area contributed by atoms with Crippen molar-refractivity contribution in [3.8, 4) is 83.8 Å². The van der Waals surface area contributed by atoms with Gasteiger partial charge in [0.1, 0.15) is 17.5 Å². The minimum absolute atomic E-state index is 0.256. The Kier molecular flexibility index (Phi) is 23.0. The Labute approximate surface area is 804 Å². The van der Waals surface area contributed by atoms with E-state index in [0.29, 0.717) is 5.69 Å². The van der Waals surface area contributed by atoms with Crippen molar-refractivity contribution in [2.75, 3.05) is 14.7 Å². The van der Waals surface area contributed by atoms with Gasteiger partial charge >= 0.3 is 0 Å². The number of aromatic nitrogens is 3. The summed E-state index contributed by atoms with van der Waals surface area (Å²) in [5, 5.41) is 9.75. The maximum absolute atomic E-state index is 14.9. The fourth-order valence-electron chi connectivity index (χ4n) is 19.7. The number of para-hydroxylation sites is 6. The summed E-state index contributed by atoms with van der Waals surface area (Å²) in [6, 6.07) is 184. The van der Waals surface area contributed by atoms with Crippen molar-refractivity contribution >= 4 is 127 Å². The predicted molar refractivity (Wildman–Crippen MR) is 576 cm³/mol. The molecule has 0 saturated heterocycles. The van der Waals surface area contributed by atoms with E-state index < -0.39 is 0 Å². The summed E-state index contributed by atoms with van der Waals surface area (Å²) < 4.78 is 50.6. The Bertz CT molecular complexity index is 8730. The smallest absolute Gasteiger partial charge is 0.147 e. The van der Waals surface area contributed by atoms with Crippen LogP contribution in [0.15, 0.2) is 540 Å². The van der Waals surface area contributed by atoms with Crippen LogP contribution >= 0.6 is 0 Å². The van der Waals surface area contributed by atoms with E-state index >= 15 is 0 Å². The molecule has 0 aliphatic rings. The molecule has 0 saturated carbocycles. The molecule has 9 heteroatoms. The van der Waals surface area contributed by atoms with Crippen molar-refractivity contribution in [3.63, 3.8) is 0 Å². The van der Waals surface area contributed by atoms with E-state index in [4.69, 9.17) is 0 Å². The van der Waals surface area contributed by atoms with Crippen molar-refractivity contribution < 1.29 is 13.2 Å². The zero-order valence-corrected chi connectivity index (χ0v) is 75.7. The van der Waals surface area contributed by atoms with Gasteiger partial charge in [0.2, 0.25) is 0 Å². The molecule has 0 radical (unpaired) electrons. The third-order valence-corrected chi connectivity index (χ3v) is 26.3. The third-order valence-electron chi connectivity index (χ3n) is 26.3. The Morgan fingerprint density at radius 3 is 0.957 bits per heavy atom. The van der Waals surface area contributed by atoms with E-state index in [1.807, 2.05) is 95.9 Å². The van der Waals surface area contributed by atoms with Gasteiger partial charge in [0.25, 0.3) is 0 Å². The van der Waals surface area contributed by atoms with E-state index in [2.05, 4.69) is 430 Å². The topological polar surface area (TPSA) is 24.5 Å². The number of anilines is 9.